The fourth-order valence-corrected chi connectivity index (χ4v) is 1.73. The molecule has 1 aromatic rings. The molecule has 0 fully saturated rings. The van der Waals surface area contributed by atoms with E-state index in [0.717, 1.165) is 17.7 Å². The monoisotopic (exact) mass is 217 g/mol. The summed E-state index contributed by atoms with van der Waals surface area (Å²) in [6.45, 7) is 1.80. The van der Waals surface area contributed by atoms with Crippen molar-refractivity contribution >= 4 is 11.6 Å². The fraction of sp³-hybridized carbons (Fsp3) is 0.250. The normalized spacial score (nSPS) is 13.6. The van der Waals surface area contributed by atoms with Gasteiger partial charge in [0.2, 0.25) is 5.91 Å². The molecule has 0 atom stereocenters. The van der Waals surface area contributed by atoms with Gasteiger partial charge in [-0.1, -0.05) is 31.2 Å². The highest BCUT2D eigenvalue weighted by molar-refractivity contribution is 5.77. The van der Waals surface area contributed by atoms with Gasteiger partial charge in [0.25, 0.3) is 0 Å². The Morgan fingerprint density at radius 1 is 1.44 bits per heavy atom. The van der Waals surface area contributed by atoms with E-state index in [1.165, 1.54) is 5.56 Å². The van der Waals surface area contributed by atoms with Gasteiger partial charge in [0, 0.05) is 18.4 Å². The smallest absolute Gasteiger partial charge is 0.238 e. The highest BCUT2D eigenvalue weighted by Crippen LogP contribution is 2.27. The molecule has 1 aliphatic rings. The zero-order valence-electron chi connectivity index (χ0n) is 9.21. The molecule has 16 heavy (non-hydrogen) atoms. The van der Waals surface area contributed by atoms with Crippen LogP contribution in [0.3, 0.4) is 0 Å². The topological polar surface area (TPSA) is 67.2 Å². The van der Waals surface area contributed by atoms with Crippen molar-refractivity contribution in [2.24, 2.45) is 5.73 Å². The third-order valence-electron chi connectivity index (χ3n) is 2.67. The summed E-state index contributed by atoms with van der Waals surface area (Å²) < 4.78 is 0. The molecule has 2 rings (SSSR count). The summed E-state index contributed by atoms with van der Waals surface area (Å²) in [5.41, 5.74) is 15.3. The molecule has 4 heteroatoms. The van der Waals surface area contributed by atoms with Gasteiger partial charge in [-0.15, -0.1) is 0 Å². The van der Waals surface area contributed by atoms with E-state index >= 15 is 0 Å². The van der Waals surface area contributed by atoms with Crippen LogP contribution in [0.2, 0.25) is 0 Å². The Morgan fingerprint density at radius 3 is 2.88 bits per heavy atom. The summed E-state index contributed by atoms with van der Waals surface area (Å²) >= 11 is 0. The number of hydrogen-bond acceptors (Lipinski definition) is 3. The molecule has 1 aromatic carbocycles. The van der Waals surface area contributed by atoms with Gasteiger partial charge >= 0.3 is 0 Å². The van der Waals surface area contributed by atoms with Gasteiger partial charge in [0.1, 0.15) is 0 Å². The lowest BCUT2D eigenvalue weighted by atomic mass is 10.1. The maximum Gasteiger partial charge on any atom is 0.238 e. The molecule has 4 N–H and O–H groups in total. The first-order valence-electron chi connectivity index (χ1n) is 5.34. The SMILES string of the molecule is CCC(=O)NNC1=C(N)c2ccccc2C1. The van der Waals surface area contributed by atoms with Crippen molar-refractivity contribution in [3.8, 4) is 0 Å². The lowest BCUT2D eigenvalue weighted by Crippen LogP contribution is -2.37. The second kappa shape index (κ2) is 4.26. The van der Waals surface area contributed by atoms with Gasteiger partial charge < -0.3 is 11.2 Å². The lowest BCUT2D eigenvalue weighted by Gasteiger charge is -2.08. The number of hydrogen-bond donors (Lipinski definition) is 3. The molecule has 0 saturated carbocycles. The number of nitrogens with two attached hydrogens (primary N) is 1. The second-order valence-electron chi connectivity index (χ2n) is 3.75. The van der Waals surface area contributed by atoms with E-state index in [2.05, 4.69) is 10.9 Å². The number of fused-ring (bicyclic) bond motifs is 1. The Morgan fingerprint density at radius 2 is 2.19 bits per heavy atom. The molecule has 0 radical (unpaired) electrons. The van der Waals surface area contributed by atoms with E-state index in [9.17, 15) is 4.79 Å². The minimum absolute atomic E-state index is 0.0451. The van der Waals surface area contributed by atoms with Crippen LogP contribution in [0.15, 0.2) is 30.0 Å². The molecule has 0 aliphatic heterocycles. The summed E-state index contributed by atoms with van der Waals surface area (Å²) in [5.74, 6) is -0.0451. The van der Waals surface area contributed by atoms with Crippen molar-refractivity contribution in [2.75, 3.05) is 0 Å². The predicted molar refractivity (Wildman–Crippen MR) is 62.8 cm³/mol. The van der Waals surface area contributed by atoms with Gasteiger partial charge in [-0.3, -0.25) is 10.2 Å². The summed E-state index contributed by atoms with van der Waals surface area (Å²) in [6.07, 6.45) is 1.19. The molecule has 0 heterocycles. The largest absolute Gasteiger partial charge is 0.397 e. The van der Waals surface area contributed by atoms with Gasteiger partial charge in [-0.2, -0.15) is 0 Å². The first kappa shape index (κ1) is 10.5. The fourth-order valence-electron chi connectivity index (χ4n) is 1.73. The molecule has 0 bridgehead atoms. The van der Waals surface area contributed by atoms with Gasteiger partial charge in [-0.25, -0.2) is 0 Å². The van der Waals surface area contributed by atoms with E-state index in [-0.39, 0.29) is 5.91 Å². The third kappa shape index (κ3) is 1.86. The highest BCUT2D eigenvalue weighted by Gasteiger charge is 2.18. The maximum atomic E-state index is 11.1. The highest BCUT2D eigenvalue weighted by atomic mass is 16.2. The number of allylic oxidation sites excluding steroid dienone is 1. The van der Waals surface area contributed by atoms with Crippen molar-refractivity contribution in [3.05, 3.63) is 41.1 Å². The van der Waals surface area contributed by atoms with Gasteiger partial charge in [0.15, 0.2) is 0 Å². The van der Waals surface area contributed by atoms with Crippen LogP contribution < -0.4 is 16.6 Å². The molecule has 4 nitrogen and oxygen atoms in total. The van der Waals surface area contributed by atoms with Crippen LogP contribution >= 0.6 is 0 Å². The van der Waals surface area contributed by atoms with Gasteiger partial charge in [-0.05, 0) is 5.56 Å². The molecular weight excluding hydrogens is 202 g/mol. The second-order valence-corrected chi connectivity index (χ2v) is 3.75. The van der Waals surface area contributed by atoms with E-state index < -0.39 is 0 Å². The minimum Gasteiger partial charge on any atom is -0.397 e. The zero-order valence-corrected chi connectivity index (χ0v) is 9.21. The van der Waals surface area contributed by atoms with Crippen molar-refractivity contribution in [2.45, 2.75) is 19.8 Å². The first-order valence-corrected chi connectivity index (χ1v) is 5.34. The summed E-state index contributed by atoms with van der Waals surface area (Å²) in [4.78, 5) is 11.1. The number of rotatable bonds is 3. The van der Waals surface area contributed by atoms with Crippen molar-refractivity contribution in [1.82, 2.24) is 10.9 Å². The van der Waals surface area contributed by atoms with Gasteiger partial charge in [0.05, 0.1) is 11.4 Å². The standard InChI is InChI=1S/C12H15N3O/c1-2-11(16)15-14-10-7-8-5-3-4-6-9(8)12(10)13/h3-6,14H,2,7,13H2,1H3,(H,15,16). The van der Waals surface area contributed by atoms with E-state index in [1.54, 1.807) is 6.92 Å². The van der Waals surface area contributed by atoms with Crippen LogP contribution in [0.5, 0.6) is 0 Å². The number of carbonyl (C=O) groups excluding carboxylic acids is 1. The van der Waals surface area contributed by atoms with Crippen LogP contribution in [-0.4, -0.2) is 5.91 Å². The van der Waals surface area contributed by atoms with Crippen LogP contribution in [-0.2, 0) is 11.2 Å². The van der Waals surface area contributed by atoms with Crippen molar-refractivity contribution < 1.29 is 4.79 Å². The average Bonchev–Trinajstić information content (AvgIpc) is 2.64. The third-order valence-corrected chi connectivity index (χ3v) is 2.67. The molecule has 0 spiro atoms. The Hall–Kier alpha value is -1.97. The Labute approximate surface area is 94.5 Å². The number of hydrazine groups is 1. The maximum absolute atomic E-state index is 11.1. The zero-order chi connectivity index (χ0) is 11.5. The number of carbonyl (C=O) groups is 1. The molecule has 84 valence electrons. The van der Waals surface area contributed by atoms with Crippen molar-refractivity contribution in [3.63, 3.8) is 0 Å². The molecule has 1 amide bonds. The van der Waals surface area contributed by atoms with E-state index in [0.29, 0.717) is 12.1 Å². The first-order chi connectivity index (χ1) is 7.72. The van der Waals surface area contributed by atoms with E-state index in [1.807, 2.05) is 24.3 Å². The molecule has 0 unspecified atom stereocenters. The number of nitrogens with one attached hydrogen (secondary N) is 2. The summed E-state index contributed by atoms with van der Waals surface area (Å²) in [7, 11) is 0. The Balaban J connectivity index is 2.09. The molecule has 1 aliphatic carbocycles. The van der Waals surface area contributed by atoms with Crippen LogP contribution in [0, 0.1) is 0 Å². The predicted octanol–water partition coefficient (Wildman–Crippen LogP) is 0.901. The van der Waals surface area contributed by atoms with Crippen molar-refractivity contribution in [1.29, 1.82) is 0 Å². The van der Waals surface area contributed by atoms with Crippen LogP contribution in [0.25, 0.3) is 5.70 Å². The summed E-state index contributed by atoms with van der Waals surface area (Å²) in [5, 5.41) is 0. The summed E-state index contributed by atoms with van der Waals surface area (Å²) in [6, 6.07) is 7.97. The quantitative estimate of drug-likeness (QED) is 0.659. The number of amides is 1. The Bertz CT molecular complexity index is 451. The van der Waals surface area contributed by atoms with Crippen LogP contribution in [0.4, 0.5) is 0 Å². The van der Waals surface area contributed by atoms with Crippen LogP contribution in [0.1, 0.15) is 24.5 Å². The molecule has 0 aromatic heterocycles. The Kier molecular flexibility index (Phi) is 2.81. The molecular formula is C12H15N3O. The lowest BCUT2D eigenvalue weighted by molar-refractivity contribution is -0.121. The molecule has 0 saturated heterocycles. The number of benzene rings is 1. The minimum atomic E-state index is -0.0451. The average molecular weight is 217 g/mol. The van der Waals surface area contributed by atoms with E-state index in [4.69, 9.17) is 5.73 Å².